The number of rotatable bonds is 2. The average molecular weight is 399 g/mol. The zero-order valence-electron chi connectivity index (χ0n) is 17.3. The van der Waals surface area contributed by atoms with Gasteiger partial charge in [0.25, 0.3) is 0 Å². The Morgan fingerprint density at radius 3 is 2.93 bits per heavy atom. The number of carbonyl (C=O) groups excluding carboxylic acids is 1. The van der Waals surface area contributed by atoms with Gasteiger partial charge in [0.1, 0.15) is 0 Å². The molecule has 2 aromatic carbocycles. The lowest BCUT2D eigenvalue weighted by molar-refractivity contribution is 0.0699. The zero-order valence-corrected chi connectivity index (χ0v) is 17.3. The number of likely N-dealkylation sites (tertiary alicyclic amines) is 1. The predicted molar refractivity (Wildman–Crippen MR) is 118 cm³/mol. The van der Waals surface area contributed by atoms with Gasteiger partial charge in [-0.2, -0.15) is 0 Å². The molecule has 0 N–H and O–H groups in total. The minimum atomic E-state index is -0.301. The van der Waals surface area contributed by atoms with E-state index >= 15 is 0 Å². The highest BCUT2D eigenvalue weighted by Gasteiger charge is 2.48. The molecule has 2 aliphatic rings. The molecule has 1 aliphatic heterocycles. The first-order valence-electron chi connectivity index (χ1n) is 10.6. The van der Waals surface area contributed by atoms with E-state index in [1.165, 1.54) is 34.0 Å². The second-order valence-electron chi connectivity index (χ2n) is 8.64. The van der Waals surface area contributed by atoms with Crippen LogP contribution in [0.3, 0.4) is 0 Å². The summed E-state index contributed by atoms with van der Waals surface area (Å²) < 4.78 is 5.08. The van der Waals surface area contributed by atoms with Gasteiger partial charge in [0.2, 0.25) is 0 Å². The summed E-state index contributed by atoms with van der Waals surface area (Å²) in [7, 11) is 0. The first-order valence-corrected chi connectivity index (χ1v) is 10.6. The third kappa shape index (κ3) is 3.07. The molecule has 3 aromatic rings. The molecule has 1 saturated heterocycles. The molecule has 4 heteroatoms. The third-order valence-electron chi connectivity index (χ3n) is 6.93. The van der Waals surface area contributed by atoms with Crippen molar-refractivity contribution in [3.63, 3.8) is 0 Å². The topological polar surface area (TPSA) is 42.4 Å². The van der Waals surface area contributed by atoms with Crippen LogP contribution in [0, 0.1) is 12.8 Å². The second-order valence-corrected chi connectivity index (χ2v) is 8.64. The van der Waals surface area contributed by atoms with E-state index in [1.54, 1.807) is 0 Å². The number of piperidine rings is 1. The van der Waals surface area contributed by atoms with Crippen molar-refractivity contribution in [1.82, 2.24) is 9.88 Å². The largest absolute Gasteiger partial charge is 0.419 e. The Morgan fingerprint density at radius 1 is 1.23 bits per heavy atom. The van der Waals surface area contributed by atoms with Crippen molar-refractivity contribution in [1.29, 1.82) is 0 Å². The number of hydrogen-bond acceptors (Lipinski definition) is 3. The average Bonchev–Trinajstić information content (AvgIpc) is 2.76. The van der Waals surface area contributed by atoms with Crippen molar-refractivity contribution in [3.8, 4) is 0 Å². The Labute approximate surface area is 177 Å². The Balaban J connectivity index is 1.60. The smallest absolute Gasteiger partial charge is 0.414 e. The number of fused-ring (bicyclic) bond motifs is 3. The van der Waals surface area contributed by atoms with Crippen LogP contribution in [0.2, 0.25) is 0 Å². The molecule has 5 rings (SSSR count). The van der Waals surface area contributed by atoms with Crippen molar-refractivity contribution in [3.05, 3.63) is 89.8 Å². The molecule has 1 amide bonds. The first-order chi connectivity index (χ1) is 14.6. The summed E-state index contributed by atoms with van der Waals surface area (Å²) in [6, 6.07) is 19.5. The first kappa shape index (κ1) is 18.9. The number of ether oxygens (including phenoxy) is 1. The lowest BCUT2D eigenvalue weighted by Crippen LogP contribution is -2.55. The highest BCUT2D eigenvalue weighted by atomic mass is 16.5. The van der Waals surface area contributed by atoms with E-state index in [0.717, 1.165) is 24.8 Å². The minimum Gasteiger partial charge on any atom is -0.419 e. The van der Waals surface area contributed by atoms with Crippen molar-refractivity contribution in [2.75, 3.05) is 13.1 Å². The highest BCUT2D eigenvalue weighted by Crippen LogP contribution is 2.48. The van der Waals surface area contributed by atoms with Gasteiger partial charge < -0.3 is 9.64 Å². The minimum absolute atomic E-state index is 0.0144. The number of hydrogen-bond donors (Lipinski definition) is 0. The maximum atomic E-state index is 12.4. The SMILES string of the molecule is C=COC(=O)N1CC[C@@]2(c3cccc(C)c3)Cc3nc4ccccc4cc3C[C@@H]2C1. The van der Waals surface area contributed by atoms with Gasteiger partial charge in [-0.05, 0) is 48.9 Å². The van der Waals surface area contributed by atoms with Crippen molar-refractivity contribution in [2.24, 2.45) is 5.92 Å². The normalized spacial score (nSPS) is 22.8. The highest BCUT2D eigenvalue weighted by molar-refractivity contribution is 5.79. The molecule has 1 aromatic heterocycles. The molecule has 0 unspecified atom stereocenters. The van der Waals surface area contributed by atoms with Crippen LogP contribution in [0.15, 0.2) is 67.4 Å². The summed E-state index contributed by atoms with van der Waals surface area (Å²) in [5.41, 5.74) is 6.19. The number of para-hydroxylation sites is 1. The predicted octanol–water partition coefficient (Wildman–Crippen LogP) is 5.18. The standard InChI is InChI=1S/C26H26N2O2/c1-3-30-25(29)28-12-11-26(21-9-6-7-18(2)13-21)16-24-20(15-22(26)17-28)14-19-8-4-5-10-23(19)27-24/h3-10,13-14,22H,1,11-12,15-17H2,2H3/t22-,26+/m1/s1. The van der Waals surface area contributed by atoms with Crippen molar-refractivity contribution in [2.45, 2.75) is 31.6 Å². The van der Waals surface area contributed by atoms with E-state index in [1.807, 2.05) is 11.0 Å². The number of amides is 1. The number of nitrogens with zero attached hydrogens (tertiary/aromatic N) is 2. The molecule has 0 spiro atoms. The number of aromatic nitrogens is 1. The Hall–Kier alpha value is -3.14. The maximum Gasteiger partial charge on any atom is 0.414 e. The quantitative estimate of drug-likeness (QED) is 0.559. The van der Waals surface area contributed by atoms with Crippen LogP contribution < -0.4 is 0 Å². The van der Waals surface area contributed by atoms with E-state index in [4.69, 9.17) is 9.72 Å². The van der Waals surface area contributed by atoms with Crippen molar-refractivity contribution >= 4 is 17.0 Å². The molecular formula is C26H26N2O2. The van der Waals surface area contributed by atoms with Gasteiger partial charge in [0.15, 0.2) is 0 Å². The molecule has 152 valence electrons. The van der Waals surface area contributed by atoms with Crippen LogP contribution in [0.1, 0.15) is 28.8 Å². The Morgan fingerprint density at radius 2 is 2.10 bits per heavy atom. The van der Waals surface area contributed by atoms with E-state index in [0.29, 0.717) is 19.0 Å². The van der Waals surface area contributed by atoms with Crippen LogP contribution in [0.5, 0.6) is 0 Å². The number of benzene rings is 2. The fraction of sp³-hybridized carbons (Fsp3) is 0.308. The van der Waals surface area contributed by atoms with Gasteiger partial charge in [0.05, 0.1) is 11.8 Å². The summed E-state index contributed by atoms with van der Waals surface area (Å²) in [4.78, 5) is 19.3. The van der Waals surface area contributed by atoms with Crippen LogP contribution in [0.25, 0.3) is 10.9 Å². The monoisotopic (exact) mass is 398 g/mol. The van der Waals surface area contributed by atoms with E-state index in [-0.39, 0.29) is 11.5 Å². The van der Waals surface area contributed by atoms with Crippen LogP contribution in [-0.4, -0.2) is 29.1 Å². The molecule has 0 saturated carbocycles. The molecule has 2 heterocycles. The third-order valence-corrected chi connectivity index (χ3v) is 6.93. The van der Waals surface area contributed by atoms with E-state index < -0.39 is 0 Å². The van der Waals surface area contributed by atoms with Crippen LogP contribution >= 0.6 is 0 Å². The fourth-order valence-electron chi connectivity index (χ4n) is 5.41. The molecule has 30 heavy (non-hydrogen) atoms. The van der Waals surface area contributed by atoms with Gasteiger partial charge in [-0.25, -0.2) is 4.79 Å². The van der Waals surface area contributed by atoms with E-state index in [9.17, 15) is 4.79 Å². The number of pyridine rings is 1. The molecule has 2 atom stereocenters. The van der Waals surface area contributed by atoms with Crippen LogP contribution in [-0.2, 0) is 23.0 Å². The maximum absolute atomic E-state index is 12.4. The van der Waals surface area contributed by atoms with Gasteiger partial charge in [-0.3, -0.25) is 4.98 Å². The molecule has 0 bridgehead atoms. The molecular weight excluding hydrogens is 372 g/mol. The molecule has 1 fully saturated rings. The molecule has 0 radical (unpaired) electrons. The summed E-state index contributed by atoms with van der Waals surface area (Å²) in [6.45, 7) is 7.04. The number of carbonyl (C=O) groups is 1. The van der Waals surface area contributed by atoms with E-state index in [2.05, 4.69) is 62.0 Å². The van der Waals surface area contributed by atoms with Gasteiger partial charge >= 0.3 is 6.09 Å². The zero-order chi connectivity index (χ0) is 20.7. The van der Waals surface area contributed by atoms with Crippen LogP contribution in [0.4, 0.5) is 4.79 Å². The molecule has 4 nitrogen and oxygen atoms in total. The second kappa shape index (κ2) is 7.28. The summed E-state index contributed by atoms with van der Waals surface area (Å²) in [6.07, 6.45) is 3.65. The summed E-state index contributed by atoms with van der Waals surface area (Å²) >= 11 is 0. The van der Waals surface area contributed by atoms with Gasteiger partial charge in [0, 0.05) is 36.0 Å². The lowest BCUT2D eigenvalue weighted by Gasteiger charge is -2.50. The van der Waals surface area contributed by atoms with Gasteiger partial charge in [-0.1, -0.05) is 54.6 Å². The molecule has 1 aliphatic carbocycles. The number of aryl methyl sites for hydroxylation is 1. The van der Waals surface area contributed by atoms with Crippen molar-refractivity contribution < 1.29 is 9.53 Å². The summed E-state index contributed by atoms with van der Waals surface area (Å²) in [5.74, 6) is 0.320. The lowest BCUT2D eigenvalue weighted by atomic mass is 9.58. The Kier molecular flexibility index (Phi) is 4.58. The van der Waals surface area contributed by atoms with Gasteiger partial charge in [-0.15, -0.1) is 0 Å². The fourth-order valence-corrected chi connectivity index (χ4v) is 5.41. The Bertz CT molecular complexity index is 1140. The summed E-state index contributed by atoms with van der Waals surface area (Å²) in [5, 5.41) is 1.18.